The highest BCUT2D eigenvalue weighted by Gasteiger charge is 2.38. The lowest BCUT2D eigenvalue weighted by atomic mass is 9.82. The molecule has 0 amide bonds. The van der Waals surface area contributed by atoms with Crippen LogP contribution >= 0.6 is 0 Å². The van der Waals surface area contributed by atoms with Crippen molar-refractivity contribution in [3.8, 4) is 28.8 Å². The van der Waals surface area contributed by atoms with Crippen LogP contribution in [0, 0.1) is 11.3 Å². The molecule has 176 valence electrons. The number of rotatable bonds is 2. The summed E-state index contributed by atoms with van der Waals surface area (Å²) in [6, 6.07) is 19.1. The average Bonchev–Trinajstić information content (AvgIpc) is 3.36. The van der Waals surface area contributed by atoms with E-state index in [2.05, 4.69) is 21.0 Å². The first-order chi connectivity index (χ1) is 17.5. The van der Waals surface area contributed by atoms with Crippen molar-refractivity contribution in [1.82, 2.24) is 19.5 Å². The molecule has 1 atom stereocenters. The average molecular weight is 476 g/mol. The Morgan fingerprint density at radius 3 is 2.78 bits per heavy atom. The fraction of sp³-hybridized carbons (Fsp3) is 0.143. The van der Waals surface area contributed by atoms with Crippen molar-refractivity contribution in [2.24, 2.45) is 7.05 Å². The van der Waals surface area contributed by atoms with Crippen LogP contribution in [0.15, 0.2) is 73.3 Å². The number of aliphatic hydroxyl groups is 1. The van der Waals surface area contributed by atoms with Crippen molar-refractivity contribution in [3.63, 3.8) is 0 Å². The van der Waals surface area contributed by atoms with E-state index in [1.165, 1.54) is 6.20 Å². The molecule has 8 nitrogen and oxygen atoms in total. The minimum absolute atomic E-state index is 0.112. The van der Waals surface area contributed by atoms with Gasteiger partial charge in [0, 0.05) is 35.8 Å². The lowest BCUT2D eigenvalue weighted by molar-refractivity contribution is 0.117. The SMILES string of the molecule is COc1cc2c3cc(ccc3n1)C(O)(c1cncn1C)c1cnc(C#N)c(c1)COc1cccc-2c1. The Hall–Kier alpha value is -4.74. The predicted octanol–water partition coefficient (Wildman–Crippen LogP) is 4.09. The Kier molecular flexibility index (Phi) is 4.95. The number of nitrogens with zero attached hydrogens (tertiary/aromatic N) is 5. The van der Waals surface area contributed by atoms with E-state index < -0.39 is 5.60 Å². The van der Waals surface area contributed by atoms with Crippen molar-refractivity contribution in [3.05, 3.63) is 101 Å². The molecule has 4 heterocycles. The second-order valence-corrected chi connectivity index (χ2v) is 8.70. The van der Waals surface area contributed by atoms with Crippen LogP contribution in [0.2, 0.25) is 0 Å². The van der Waals surface area contributed by atoms with E-state index in [4.69, 9.17) is 9.47 Å². The first-order valence-electron chi connectivity index (χ1n) is 11.3. The summed E-state index contributed by atoms with van der Waals surface area (Å²) in [5, 5.41) is 23.0. The Balaban J connectivity index is 1.74. The summed E-state index contributed by atoms with van der Waals surface area (Å²) >= 11 is 0. The molecule has 0 aliphatic carbocycles. The molecular formula is C28H21N5O3. The van der Waals surface area contributed by atoms with Gasteiger partial charge in [0.15, 0.2) is 5.60 Å². The standard InChI is InChI=1S/C28H21N5O3/c1-33-16-30-14-26(33)28(34)19-6-7-24-23(10-19)22(11-27(32-24)35-2)17-4-3-5-21(9-17)36-15-18-8-20(28)13-31-25(18)12-29/h3-11,13-14,16,34H,15H2,1-2H3. The van der Waals surface area contributed by atoms with Crippen molar-refractivity contribution in [2.45, 2.75) is 12.2 Å². The smallest absolute Gasteiger partial charge is 0.214 e. The zero-order valence-electron chi connectivity index (χ0n) is 19.6. The van der Waals surface area contributed by atoms with Gasteiger partial charge < -0.3 is 19.1 Å². The van der Waals surface area contributed by atoms with E-state index in [0.29, 0.717) is 34.0 Å². The van der Waals surface area contributed by atoms with Crippen molar-refractivity contribution in [1.29, 1.82) is 5.26 Å². The van der Waals surface area contributed by atoms with Crippen LogP contribution in [0.3, 0.4) is 0 Å². The molecule has 1 N–H and O–H groups in total. The highest BCUT2D eigenvalue weighted by Crippen LogP contribution is 2.41. The van der Waals surface area contributed by atoms with Crippen molar-refractivity contribution >= 4 is 10.9 Å². The topological polar surface area (TPSA) is 106 Å². The zero-order valence-corrected chi connectivity index (χ0v) is 19.6. The largest absolute Gasteiger partial charge is 0.489 e. The van der Waals surface area contributed by atoms with Gasteiger partial charge in [0.25, 0.3) is 0 Å². The Morgan fingerprint density at radius 2 is 2.00 bits per heavy atom. The third-order valence-electron chi connectivity index (χ3n) is 6.63. The number of benzene rings is 2. The number of aromatic nitrogens is 4. The van der Waals surface area contributed by atoms with E-state index in [9.17, 15) is 10.4 Å². The van der Waals surface area contributed by atoms with Crippen LogP contribution in [-0.2, 0) is 19.3 Å². The molecule has 3 aromatic heterocycles. The van der Waals surface area contributed by atoms with Gasteiger partial charge >= 0.3 is 0 Å². The molecule has 1 aliphatic heterocycles. The van der Waals surface area contributed by atoms with Crippen molar-refractivity contribution in [2.75, 3.05) is 7.11 Å². The second kappa shape index (κ2) is 8.18. The third kappa shape index (κ3) is 3.29. The van der Waals surface area contributed by atoms with E-state index >= 15 is 0 Å². The highest BCUT2D eigenvalue weighted by molar-refractivity contribution is 5.96. The first-order valence-corrected chi connectivity index (χ1v) is 11.3. The molecule has 0 spiro atoms. The number of pyridine rings is 2. The Bertz CT molecular complexity index is 1690. The molecule has 0 saturated heterocycles. The maximum absolute atomic E-state index is 12.5. The normalized spacial score (nSPS) is 16.4. The summed E-state index contributed by atoms with van der Waals surface area (Å²) in [7, 11) is 3.41. The van der Waals surface area contributed by atoms with Gasteiger partial charge in [0.2, 0.25) is 5.88 Å². The van der Waals surface area contributed by atoms with Crippen LogP contribution in [-0.4, -0.2) is 31.7 Å². The molecule has 1 unspecified atom stereocenters. The zero-order chi connectivity index (χ0) is 24.9. The quantitative estimate of drug-likeness (QED) is 0.410. The highest BCUT2D eigenvalue weighted by atomic mass is 16.5. The van der Waals surface area contributed by atoms with E-state index in [-0.39, 0.29) is 12.3 Å². The number of nitriles is 1. The predicted molar refractivity (Wildman–Crippen MR) is 132 cm³/mol. The molecule has 2 aromatic carbocycles. The molecule has 1 aliphatic rings. The summed E-state index contributed by atoms with van der Waals surface area (Å²) in [6.07, 6.45) is 4.80. The lowest BCUT2D eigenvalue weighted by Gasteiger charge is -2.30. The molecule has 0 radical (unpaired) electrons. The Morgan fingerprint density at radius 1 is 1.11 bits per heavy atom. The first kappa shape index (κ1) is 21.8. The summed E-state index contributed by atoms with van der Waals surface area (Å²) in [5.74, 6) is 1.13. The molecule has 0 saturated carbocycles. The third-order valence-corrected chi connectivity index (χ3v) is 6.63. The van der Waals surface area contributed by atoms with Crippen LogP contribution in [0.1, 0.15) is 28.1 Å². The van der Waals surface area contributed by atoms with E-state index in [1.54, 1.807) is 30.3 Å². The molecule has 36 heavy (non-hydrogen) atoms. The summed E-state index contributed by atoms with van der Waals surface area (Å²) in [5.41, 5.74) is 3.38. The molecule has 5 aromatic rings. The van der Waals surface area contributed by atoms with Gasteiger partial charge in [-0.3, -0.25) is 0 Å². The number of hydrogen-bond donors (Lipinski definition) is 1. The van der Waals surface area contributed by atoms with Crippen LogP contribution in [0.25, 0.3) is 22.0 Å². The van der Waals surface area contributed by atoms with Gasteiger partial charge in [-0.2, -0.15) is 5.26 Å². The molecule has 0 fully saturated rings. The summed E-state index contributed by atoms with van der Waals surface area (Å²) in [6.45, 7) is 0.112. The number of fused-ring (bicyclic) bond motifs is 6. The lowest BCUT2D eigenvalue weighted by Crippen LogP contribution is -2.31. The van der Waals surface area contributed by atoms with Gasteiger partial charge in [-0.15, -0.1) is 0 Å². The van der Waals surface area contributed by atoms with Gasteiger partial charge in [-0.1, -0.05) is 18.2 Å². The number of hydrogen-bond acceptors (Lipinski definition) is 7. The van der Waals surface area contributed by atoms with Gasteiger partial charge in [0.1, 0.15) is 24.1 Å². The van der Waals surface area contributed by atoms with E-state index in [1.807, 2.05) is 55.6 Å². The van der Waals surface area contributed by atoms with Crippen LogP contribution in [0.5, 0.6) is 11.6 Å². The number of ether oxygens (including phenoxy) is 2. The second-order valence-electron chi connectivity index (χ2n) is 8.70. The Labute approximate surface area is 207 Å². The molecule has 8 heteroatoms. The van der Waals surface area contributed by atoms with E-state index in [0.717, 1.165) is 22.0 Å². The molecule has 6 rings (SSSR count). The van der Waals surface area contributed by atoms with Crippen LogP contribution < -0.4 is 9.47 Å². The maximum atomic E-state index is 12.5. The number of aryl methyl sites for hydroxylation is 1. The summed E-state index contributed by atoms with van der Waals surface area (Å²) in [4.78, 5) is 13.3. The molecule has 6 bridgehead atoms. The van der Waals surface area contributed by atoms with Gasteiger partial charge in [-0.25, -0.2) is 15.0 Å². The van der Waals surface area contributed by atoms with Gasteiger partial charge in [-0.05, 0) is 47.0 Å². The summed E-state index contributed by atoms with van der Waals surface area (Å²) < 4.78 is 13.3. The minimum Gasteiger partial charge on any atom is -0.489 e. The van der Waals surface area contributed by atoms with Gasteiger partial charge in [0.05, 0.1) is 30.8 Å². The maximum Gasteiger partial charge on any atom is 0.214 e. The fourth-order valence-corrected chi connectivity index (χ4v) is 4.77. The number of methoxy groups -OCH3 is 1. The fourth-order valence-electron chi connectivity index (χ4n) is 4.77. The monoisotopic (exact) mass is 475 g/mol. The minimum atomic E-state index is -1.61. The number of imidazole rings is 1. The molecular weight excluding hydrogens is 454 g/mol. The van der Waals surface area contributed by atoms with Crippen molar-refractivity contribution < 1.29 is 14.6 Å². The van der Waals surface area contributed by atoms with Crippen LogP contribution in [0.4, 0.5) is 0 Å².